The molecule has 1 aromatic carbocycles. The summed E-state index contributed by atoms with van der Waals surface area (Å²) in [5.74, 6) is -0.974. The van der Waals surface area contributed by atoms with Crippen LogP contribution in [0.5, 0.6) is 0 Å². The largest absolute Gasteiger partial charge is 0.481 e. The Labute approximate surface area is 140 Å². The summed E-state index contributed by atoms with van der Waals surface area (Å²) in [5, 5.41) is 13.3. The Morgan fingerprint density at radius 1 is 1.25 bits per heavy atom. The van der Waals surface area contributed by atoms with E-state index >= 15 is 0 Å². The molecule has 0 saturated heterocycles. The van der Waals surface area contributed by atoms with Gasteiger partial charge in [-0.1, -0.05) is 18.2 Å². The van der Waals surface area contributed by atoms with Crippen molar-refractivity contribution < 1.29 is 14.7 Å². The van der Waals surface area contributed by atoms with E-state index in [1.54, 1.807) is 11.9 Å². The van der Waals surface area contributed by atoms with Gasteiger partial charge in [-0.3, -0.25) is 9.59 Å². The highest BCUT2D eigenvalue weighted by molar-refractivity contribution is 5.94. The average Bonchev–Trinajstić information content (AvgIpc) is 3.16. The molecule has 6 heteroatoms. The zero-order chi connectivity index (χ0) is 17.1. The van der Waals surface area contributed by atoms with Crippen molar-refractivity contribution in [1.82, 2.24) is 14.7 Å². The number of carboxylic acid groups (broad SMARTS) is 1. The predicted molar refractivity (Wildman–Crippen MR) is 89.4 cm³/mol. The number of carbonyl (C=O) groups excluding carboxylic acids is 1. The third-order valence-electron chi connectivity index (χ3n) is 4.36. The summed E-state index contributed by atoms with van der Waals surface area (Å²) in [5.41, 5.74) is 3.62. The number of carboxylic acids is 1. The van der Waals surface area contributed by atoms with Crippen LogP contribution in [0.2, 0.25) is 0 Å². The lowest BCUT2D eigenvalue weighted by atomic mass is 10.2. The van der Waals surface area contributed by atoms with Crippen LogP contribution in [0.1, 0.15) is 41.0 Å². The molecule has 0 unspecified atom stereocenters. The van der Waals surface area contributed by atoms with Gasteiger partial charge in [0, 0.05) is 31.3 Å². The van der Waals surface area contributed by atoms with Crippen LogP contribution in [0.15, 0.2) is 30.3 Å². The van der Waals surface area contributed by atoms with Gasteiger partial charge in [-0.25, -0.2) is 4.68 Å². The number of aliphatic carboxylic acids is 1. The summed E-state index contributed by atoms with van der Waals surface area (Å²) >= 11 is 0. The minimum absolute atomic E-state index is 0.0637. The van der Waals surface area contributed by atoms with Gasteiger partial charge < -0.3 is 10.0 Å². The molecule has 0 saturated carbocycles. The third kappa shape index (κ3) is 3.18. The lowest BCUT2D eigenvalue weighted by Gasteiger charge is -2.15. The van der Waals surface area contributed by atoms with Crippen LogP contribution < -0.4 is 0 Å². The summed E-state index contributed by atoms with van der Waals surface area (Å²) in [4.78, 5) is 24.9. The van der Waals surface area contributed by atoms with Crippen molar-refractivity contribution in [3.05, 3.63) is 47.3 Å². The number of hydrogen-bond donors (Lipinski definition) is 1. The first kappa shape index (κ1) is 16.2. The second kappa shape index (κ2) is 6.86. The minimum Gasteiger partial charge on any atom is -0.481 e. The van der Waals surface area contributed by atoms with Crippen molar-refractivity contribution in [2.45, 2.75) is 32.1 Å². The highest BCUT2D eigenvalue weighted by Crippen LogP contribution is 2.28. The first-order valence-corrected chi connectivity index (χ1v) is 8.21. The molecule has 0 bridgehead atoms. The van der Waals surface area contributed by atoms with Crippen molar-refractivity contribution in [3.8, 4) is 5.69 Å². The molecule has 1 N–H and O–H groups in total. The molecule has 126 valence electrons. The number of nitrogens with zero attached hydrogens (tertiary/aromatic N) is 3. The molecule has 1 aromatic heterocycles. The lowest BCUT2D eigenvalue weighted by Crippen LogP contribution is -2.29. The van der Waals surface area contributed by atoms with Gasteiger partial charge in [0.25, 0.3) is 5.91 Å². The fraction of sp³-hybridized carbons (Fsp3) is 0.389. The van der Waals surface area contributed by atoms with Crippen molar-refractivity contribution >= 4 is 11.9 Å². The van der Waals surface area contributed by atoms with E-state index in [0.29, 0.717) is 18.7 Å². The summed E-state index contributed by atoms with van der Waals surface area (Å²) < 4.78 is 1.88. The van der Waals surface area contributed by atoms with Crippen LogP contribution in [0.3, 0.4) is 0 Å². The van der Waals surface area contributed by atoms with Crippen molar-refractivity contribution in [1.29, 1.82) is 0 Å². The van der Waals surface area contributed by atoms with Gasteiger partial charge in [0.15, 0.2) is 5.69 Å². The number of para-hydroxylation sites is 1. The number of hydrogen-bond acceptors (Lipinski definition) is 3. The third-order valence-corrected chi connectivity index (χ3v) is 4.36. The molecule has 1 amide bonds. The van der Waals surface area contributed by atoms with E-state index in [-0.39, 0.29) is 12.3 Å². The number of rotatable bonds is 6. The van der Waals surface area contributed by atoms with Crippen molar-refractivity contribution in [2.75, 3.05) is 13.6 Å². The second-order valence-electron chi connectivity index (χ2n) is 6.10. The predicted octanol–water partition coefficient (Wildman–Crippen LogP) is 2.30. The molecular formula is C18H21N3O3. The summed E-state index contributed by atoms with van der Waals surface area (Å²) in [6.07, 6.45) is 3.33. The fourth-order valence-corrected chi connectivity index (χ4v) is 3.14. The van der Waals surface area contributed by atoms with Crippen LogP contribution >= 0.6 is 0 Å². The fourth-order valence-electron chi connectivity index (χ4n) is 3.14. The highest BCUT2D eigenvalue weighted by Gasteiger charge is 2.28. The molecule has 6 nitrogen and oxygen atoms in total. The van der Waals surface area contributed by atoms with Crippen LogP contribution in [-0.2, 0) is 17.6 Å². The molecule has 0 aliphatic heterocycles. The van der Waals surface area contributed by atoms with Crippen molar-refractivity contribution in [2.24, 2.45) is 0 Å². The Kier molecular flexibility index (Phi) is 4.64. The Morgan fingerprint density at radius 3 is 2.71 bits per heavy atom. The highest BCUT2D eigenvalue weighted by atomic mass is 16.4. The topological polar surface area (TPSA) is 75.4 Å². The Bertz CT molecular complexity index is 752. The summed E-state index contributed by atoms with van der Waals surface area (Å²) in [6.45, 7) is 0.415. The van der Waals surface area contributed by atoms with Gasteiger partial charge in [0.1, 0.15) is 0 Å². The normalized spacial score (nSPS) is 12.9. The lowest BCUT2D eigenvalue weighted by molar-refractivity contribution is -0.137. The summed E-state index contributed by atoms with van der Waals surface area (Å²) in [6, 6.07) is 9.83. The zero-order valence-corrected chi connectivity index (χ0v) is 13.7. The van der Waals surface area contributed by atoms with Gasteiger partial charge >= 0.3 is 5.97 Å². The van der Waals surface area contributed by atoms with E-state index in [2.05, 4.69) is 5.10 Å². The van der Waals surface area contributed by atoms with Gasteiger partial charge in [-0.15, -0.1) is 0 Å². The molecule has 1 aliphatic carbocycles. The molecule has 0 atom stereocenters. The van der Waals surface area contributed by atoms with E-state index in [4.69, 9.17) is 5.11 Å². The maximum Gasteiger partial charge on any atom is 0.303 e. The Hall–Kier alpha value is -2.63. The summed E-state index contributed by atoms with van der Waals surface area (Å²) in [7, 11) is 1.70. The zero-order valence-electron chi connectivity index (χ0n) is 13.7. The maximum atomic E-state index is 12.7. The Balaban J connectivity index is 1.84. The number of benzene rings is 1. The standard InChI is InChI=1S/C18H21N3O3/c1-20(12-6-11-16(22)23)18(24)17-14-9-5-10-15(14)21(19-17)13-7-3-2-4-8-13/h2-4,7-8H,5-6,9-12H2,1H3,(H,22,23). The SMILES string of the molecule is CN(CCCC(=O)O)C(=O)c1nn(-c2ccccc2)c2c1CCC2. The number of amides is 1. The van der Waals surface area contributed by atoms with Crippen LogP contribution in [-0.4, -0.2) is 45.3 Å². The van der Waals surface area contributed by atoms with E-state index < -0.39 is 5.97 Å². The average molecular weight is 327 g/mol. The first-order valence-electron chi connectivity index (χ1n) is 8.21. The molecule has 1 aliphatic rings. The second-order valence-corrected chi connectivity index (χ2v) is 6.10. The number of aromatic nitrogens is 2. The van der Waals surface area contributed by atoms with Gasteiger partial charge in [0.05, 0.1) is 5.69 Å². The smallest absolute Gasteiger partial charge is 0.303 e. The van der Waals surface area contributed by atoms with Gasteiger partial charge in [0.2, 0.25) is 0 Å². The molecule has 0 fully saturated rings. The first-order chi connectivity index (χ1) is 11.6. The van der Waals surface area contributed by atoms with E-state index in [9.17, 15) is 9.59 Å². The van der Waals surface area contributed by atoms with Crippen LogP contribution in [0, 0.1) is 0 Å². The van der Waals surface area contributed by atoms with Crippen molar-refractivity contribution in [3.63, 3.8) is 0 Å². The molecule has 2 aromatic rings. The van der Waals surface area contributed by atoms with E-state index in [1.165, 1.54) is 0 Å². The van der Waals surface area contributed by atoms with Crippen LogP contribution in [0.25, 0.3) is 5.69 Å². The Morgan fingerprint density at radius 2 is 2.00 bits per heavy atom. The molecule has 0 radical (unpaired) electrons. The molecule has 3 rings (SSSR count). The maximum absolute atomic E-state index is 12.7. The van der Waals surface area contributed by atoms with Gasteiger partial charge in [-0.2, -0.15) is 5.10 Å². The van der Waals surface area contributed by atoms with E-state index in [1.807, 2.05) is 35.0 Å². The van der Waals surface area contributed by atoms with Crippen LogP contribution in [0.4, 0.5) is 0 Å². The number of fused-ring (bicyclic) bond motifs is 1. The van der Waals surface area contributed by atoms with Gasteiger partial charge in [-0.05, 0) is 37.8 Å². The molecule has 0 spiro atoms. The number of carbonyl (C=O) groups is 2. The monoisotopic (exact) mass is 327 g/mol. The van der Waals surface area contributed by atoms with E-state index in [0.717, 1.165) is 36.2 Å². The quantitative estimate of drug-likeness (QED) is 0.883. The molecule has 24 heavy (non-hydrogen) atoms. The molecule has 1 heterocycles. The molecular weight excluding hydrogens is 306 g/mol. The minimum atomic E-state index is -0.843.